The minimum Gasteiger partial charge on any atom is -0.465 e. The van der Waals surface area contributed by atoms with Gasteiger partial charge in [-0.1, -0.05) is 46.3 Å². The lowest BCUT2D eigenvalue weighted by molar-refractivity contribution is -0.947. The number of non-ortho nitro benzene ring substituents is 1. The van der Waals surface area contributed by atoms with Crippen LogP contribution in [-0.4, -0.2) is 24.5 Å². The highest BCUT2D eigenvalue weighted by Gasteiger charge is 2.41. The Morgan fingerprint density at radius 2 is 1.81 bits per heavy atom. The van der Waals surface area contributed by atoms with Gasteiger partial charge in [0.1, 0.15) is 6.04 Å². The highest BCUT2D eigenvalue weighted by molar-refractivity contribution is 9.10. The Morgan fingerprint density at radius 3 is 2.45 bits per heavy atom. The van der Waals surface area contributed by atoms with E-state index in [9.17, 15) is 14.9 Å². The Morgan fingerprint density at radius 1 is 1.10 bits per heavy atom. The number of rotatable bonds is 5. The van der Waals surface area contributed by atoms with Crippen molar-refractivity contribution in [1.82, 2.24) is 0 Å². The van der Waals surface area contributed by atoms with Crippen molar-refractivity contribution >= 4 is 33.3 Å². The molecule has 0 saturated heterocycles. The fraction of sp³-hybridized carbons (Fsp3) is 0.174. The number of quaternary nitrogens is 1. The van der Waals surface area contributed by atoms with Gasteiger partial charge in [-0.3, -0.25) is 15.0 Å². The topological polar surface area (TPSA) is 85.9 Å². The van der Waals surface area contributed by atoms with Gasteiger partial charge < -0.3 is 10.1 Å². The molecule has 0 saturated carbocycles. The van der Waals surface area contributed by atoms with Crippen LogP contribution in [0.3, 0.4) is 0 Å². The van der Waals surface area contributed by atoms with E-state index >= 15 is 0 Å². The number of nitrogens with zero attached hydrogens (tertiary/aromatic N) is 1. The Kier molecular flexibility index (Phi) is 6.01. The second-order valence-corrected chi connectivity index (χ2v) is 8.24. The van der Waals surface area contributed by atoms with Gasteiger partial charge >= 0.3 is 5.97 Å². The zero-order valence-corrected chi connectivity index (χ0v) is 18.3. The van der Waals surface area contributed by atoms with E-state index in [0.29, 0.717) is 0 Å². The van der Waals surface area contributed by atoms with Crippen LogP contribution in [-0.2, 0) is 9.53 Å². The van der Waals surface area contributed by atoms with Crippen LogP contribution in [0.5, 0.6) is 0 Å². The standard InChI is InChI=1S/C23H20BrN3O4/c1-31-21(28)14-26-22(15-5-3-2-4-6-15)19-13-17(24)9-12-20(19)25-23(26)16-7-10-18(11-8-16)27(29)30/h2-13,22-23,25H,14H2,1H3/p+1/t22-,23+/m1/s1. The molecule has 0 fully saturated rings. The Hall–Kier alpha value is -3.23. The number of nitro benzene ring substituents is 1. The summed E-state index contributed by atoms with van der Waals surface area (Å²) in [4.78, 5) is 24.0. The van der Waals surface area contributed by atoms with Crippen LogP contribution in [0.1, 0.15) is 28.9 Å². The lowest BCUT2D eigenvalue weighted by Crippen LogP contribution is -3.15. The van der Waals surface area contributed by atoms with Crippen LogP contribution in [0.25, 0.3) is 0 Å². The molecule has 0 aliphatic carbocycles. The van der Waals surface area contributed by atoms with E-state index in [2.05, 4.69) is 27.3 Å². The molecule has 3 atom stereocenters. The summed E-state index contributed by atoms with van der Waals surface area (Å²) in [6.45, 7) is 0.122. The highest BCUT2D eigenvalue weighted by atomic mass is 79.9. The van der Waals surface area contributed by atoms with E-state index in [1.54, 1.807) is 12.1 Å². The number of anilines is 1. The van der Waals surface area contributed by atoms with Crippen molar-refractivity contribution in [2.75, 3.05) is 19.0 Å². The summed E-state index contributed by atoms with van der Waals surface area (Å²) in [5.41, 5.74) is 3.94. The average Bonchev–Trinajstić information content (AvgIpc) is 2.79. The monoisotopic (exact) mass is 482 g/mol. The number of carbonyl (C=O) groups is 1. The molecule has 2 N–H and O–H groups in total. The molecule has 31 heavy (non-hydrogen) atoms. The molecular weight excluding hydrogens is 462 g/mol. The van der Waals surface area contributed by atoms with Gasteiger partial charge in [0.2, 0.25) is 0 Å². The molecule has 1 unspecified atom stereocenters. The minimum atomic E-state index is -0.420. The minimum absolute atomic E-state index is 0.0259. The third-order valence-electron chi connectivity index (χ3n) is 5.51. The molecule has 4 rings (SSSR count). The van der Waals surface area contributed by atoms with Crippen molar-refractivity contribution in [2.24, 2.45) is 0 Å². The largest absolute Gasteiger partial charge is 0.465 e. The Labute approximate surface area is 187 Å². The molecule has 0 radical (unpaired) electrons. The van der Waals surface area contributed by atoms with Crippen LogP contribution in [0.2, 0.25) is 0 Å². The number of benzene rings is 3. The van der Waals surface area contributed by atoms with E-state index in [1.807, 2.05) is 42.5 Å². The predicted molar refractivity (Wildman–Crippen MR) is 120 cm³/mol. The summed E-state index contributed by atoms with van der Waals surface area (Å²) in [7, 11) is 1.38. The lowest BCUT2D eigenvalue weighted by atomic mass is 9.91. The predicted octanol–water partition coefficient (Wildman–Crippen LogP) is 3.63. The van der Waals surface area contributed by atoms with Gasteiger partial charge in [0.15, 0.2) is 12.7 Å². The van der Waals surface area contributed by atoms with Crippen molar-refractivity contribution < 1.29 is 19.4 Å². The van der Waals surface area contributed by atoms with E-state index < -0.39 is 4.92 Å². The second kappa shape index (κ2) is 8.87. The summed E-state index contributed by atoms with van der Waals surface area (Å²) in [6, 6.07) is 22.3. The van der Waals surface area contributed by atoms with Gasteiger partial charge in [0.05, 0.1) is 12.0 Å². The molecule has 7 nitrogen and oxygen atoms in total. The number of nitro groups is 1. The van der Waals surface area contributed by atoms with Crippen molar-refractivity contribution in [3.8, 4) is 0 Å². The van der Waals surface area contributed by atoms with E-state index in [4.69, 9.17) is 4.74 Å². The molecule has 3 aromatic carbocycles. The number of hydrogen-bond donors (Lipinski definition) is 2. The number of hydrogen-bond acceptors (Lipinski definition) is 5. The number of methoxy groups -OCH3 is 1. The molecule has 1 aliphatic heterocycles. The zero-order chi connectivity index (χ0) is 22.0. The maximum atomic E-state index is 12.4. The lowest BCUT2D eigenvalue weighted by Gasteiger charge is -2.40. The highest BCUT2D eigenvalue weighted by Crippen LogP contribution is 2.35. The quantitative estimate of drug-likeness (QED) is 0.329. The van der Waals surface area contributed by atoms with Gasteiger partial charge in [-0.05, 0) is 30.3 Å². The summed E-state index contributed by atoms with van der Waals surface area (Å²) in [5.74, 6) is -0.330. The van der Waals surface area contributed by atoms with Gasteiger partial charge in [0, 0.05) is 39.0 Å². The number of halogens is 1. The first-order chi connectivity index (χ1) is 15.0. The number of esters is 1. The Balaban J connectivity index is 1.86. The van der Waals surface area contributed by atoms with Crippen LogP contribution in [0.4, 0.5) is 11.4 Å². The Bertz CT molecular complexity index is 1110. The van der Waals surface area contributed by atoms with Crippen LogP contribution in [0.15, 0.2) is 77.3 Å². The first kappa shape index (κ1) is 21.0. The third kappa shape index (κ3) is 4.30. The first-order valence-electron chi connectivity index (χ1n) is 9.75. The van der Waals surface area contributed by atoms with E-state index in [-0.39, 0.29) is 30.4 Å². The van der Waals surface area contributed by atoms with Gasteiger partial charge in [-0.15, -0.1) is 0 Å². The maximum Gasteiger partial charge on any atom is 0.361 e. The molecule has 1 heterocycles. The number of carbonyl (C=O) groups excluding carboxylic acids is 1. The van der Waals surface area contributed by atoms with Crippen molar-refractivity contribution in [1.29, 1.82) is 0 Å². The van der Waals surface area contributed by atoms with Crippen molar-refractivity contribution in [3.63, 3.8) is 0 Å². The fourth-order valence-corrected chi connectivity index (χ4v) is 4.47. The molecular formula is C23H21BrN3O4+. The SMILES string of the molecule is COC(=O)C[NH+]1[C@H](c2ccccc2)c2cc(Br)ccc2N[C@@H]1c1ccc([N+](=O)[O-])cc1. The van der Waals surface area contributed by atoms with Gasteiger partial charge in [0.25, 0.3) is 5.69 Å². The molecule has 8 heteroatoms. The van der Waals surface area contributed by atoms with Gasteiger partial charge in [-0.2, -0.15) is 0 Å². The summed E-state index contributed by atoms with van der Waals surface area (Å²) in [6.07, 6.45) is -0.307. The van der Waals surface area contributed by atoms with Crippen molar-refractivity contribution in [3.05, 3.63) is 104 Å². The number of fused-ring (bicyclic) bond motifs is 1. The molecule has 0 spiro atoms. The fourth-order valence-electron chi connectivity index (χ4n) is 4.09. The van der Waals surface area contributed by atoms with Crippen LogP contribution < -0.4 is 10.2 Å². The summed E-state index contributed by atoms with van der Waals surface area (Å²) < 4.78 is 5.94. The number of nitrogens with one attached hydrogen (secondary N) is 2. The molecule has 0 bridgehead atoms. The average molecular weight is 483 g/mol. The molecule has 0 amide bonds. The zero-order valence-electron chi connectivity index (χ0n) is 16.7. The van der Waals surface area contributed by atoms with E-state index in [0.717, 1.165) is 31.8 Å². The molecule has 1 aliphatic rings. The van der Waals surface area contributed by atoms with Crippen LogP contribution >= 0.6 is 15.9 Å². The normalized spacial score (nSPS) is 19.7. The second-order valence-electron chi connectivity index (χ2n) is 7.33. The van der Waals surface area contributed by atoms with Crippen molar-refractivity contribution in [2.45, 2.75) is 12.2 Å². The third-order valence-corrected chi connectivity index (χ3v) is 6.01. The first-order valence-corrected chi connectivity index (χ1v) is 10.5. The summed E-state index contributed by atoms with van der Waals surface area (Å²) in [5, 5.41) is 14.6. The molecule has 3 aromatic rings. The summed E-state index contributed by atoms with van der Waals surface area (Å²) >= 11 is 3.56. The molecule has 0 aromatic heterocycles. The van der Waals surface area contributed by atoms with Gasteiger partial charge in [-0.25, -0.2) is 4.79 Å². The van der Waals surface area contributed by atoms with E-state index in [1.165, 1.54) is 19.2 Å². The smallest absolute Gasteiger partial charge is 0.361 e. The maximum absolute atomic E-state index is 12.4. The molecule has 158 valence electrons. The number of ether oxygens (including phenoxy) is 1. The van der Waals surface area contributed by atoms with Crippen LogP contribution in [0, 0.1) is 10.1 Å².